The first-order chi connectivity index (χ1) is 13.6. The second-order valence-electron chi connectivity index (χ2n) is 8.18. The van der Waals surface area contributed by atoms with E-state index in [1.165, 1.54) is 12.8 Å². The van der Waals surface area contributed by atoms with Gasteiger partial charge in [-0.1, -0.05) is 0 Å². The molecule has 0 radical (unpaired) electrons. The Kier molecular flexibility index (Phi) is 4.23. The summed E-state index contributed by atoms with van der Waals surface area (Å²) in [6, 6.07) is 0. The first-order valence-electron chi connectivity index (χ1n) is 9.89. The quantitative estimate of drug-likeness (QED) is 0.863. The Morgan fingerprint density at radius 2 is 2.18 bits per heavy atom. The van der Waals surface area contributed by atoms with E-state index in [-0.39, 0.29) is 11.3 Å². The third-order valence-electron chi connectivity index (χ3n) is 5.89. The molecule has 8 heteroatoms. The molecule has 2 aromatic rings. The molecule has 28 heavy (non-hydrogen) atoms. The van der Waals surface area contributed by atoms with Gasteiger partial charge in [-0.2, -0.15) is 0 Å². The van der Waals surface area contributed by atoms with Crippen molar-refractivity contribution in [2.24, 2.45) is 5.92 Å². The molecule has 1 N–H and O–H groups in total. The minimum Gasteiger partial charge on any atom is -0.376 e. The lowest BCUT2D eigenvalue weighted by atomic mass is 9.80. The van der Waals surface area contributed by atoms with E-state index < -0.39 is 0 Å². The van der Waals surface area contributed by atoms with E-state index in [9.17, 15) is 4.79 Å². The van der Waals surface area contributed by atoms with Gasteiger partial charge in [-0.05, 0) is 32.1 Å². The maximum absolute atomic E-state index is 12.9. The molecule has 2 aromatic heterocycles. The summed E-state index contributed by atoms with van der Waals surface area (Å²) in [6.45, 7) is 5.12. The van der Waals surface area contributed by atoms with Crippen molar-refractivity contribution >= 4 is 11.9 Å². The van der Waals surface area contributed by atoms with Gasteiger partial charge in [0.15, 0.2) is 0 Å². The molecule has 1 saturated carbocycles. The van der Waals surface area contributed by atoms with Gasteiger partial charge in [-0.25, -0.2) is 15.0 Å². The van der Waals surface area contributed by atoms with E-state index in [1.807, 2.05) is 18.0 Å². The normalized spacial score (nSPS) is 23.7. The van der Waals surface area contributed by atoms with Crippen LogP contribution in [0.25, 0.3) is 0 Å². The predicted octanol–water partition coefficient (Wildman–Crippen LogP) is 1.71. The van der Waals surface area contributed by atoms with Crippen LogP contribution < -0.4 is 5.32 Å². The van der Waals surface area contributed by atoms with Gasteiger partial charge in [0, 0.05) is 37.6 Å². The average molecular weight is 380 g/mol. The summed E-state index contributed by atoms with van der Waals surface area (Å²) in [5.41, 5.74) is 2.95. The third kappa shape index (κ3) is 3.22. The van der Waals surface area contributed by atoms with Crippen molar-refractivity contribution in [2.45, 2.75) is 38.2 Å². The summed E-state index contributed by atoms with van der Waals surface area (Å²) in [4.78, 5) is 32.5. The number of nitrogens with one attached hydrogen (secondary N) is 1. The number of hydrogen-bond acceptors (Lipinski definition) is 7. The Balaban J connectivity index is 1.38. The molecule has 1 amide bonds. The van der Waals surface area contributed by atoms with Crippen molar-refractivity contribution in [3.63, 3.8) is 0 Å². The number of fused-ring (bicyclic) bond motifs is 2. The molecular formula is C20H24N6O2. The van der Waals surface area contributed by atoms with Gasteiger partial charge in [0.25, 0.3) is 5.91 Å². The van der Waals surface area contributed by atoms with Gasteiger partial charge < -0.3 is 15.0 Å². The number of hydrogen-bond donors (Lipinski definition) is 1. The first kappa shape index (κ1) is 17.5. The topological polar surface area (TPSA) is 93.1 Å². The van der Waals surface area contributed by atoms with E-state index in [0.717, 1.165) is 35.8 Å². The van der Waals surface area contributed by atoms with Crippen LogP contribution in [0.15, 0.2) is 18.6 Å². The Hall–Kier alpha value is -2.61. The third-order valence-corrected chi connectivity index (χ3v) is 5.89. The standard InChI is InChI=1S/C20H24N6O2/c1-13-6-22-16(9-21-13)18(27)26-5-4-20(11-26)12-28-10-15-8-24-19(25-17(15)20)23-7-14-2-3-14/h6,8-9,14H,2-5,7,10-12H2,1H3,(H,23,24,25). The van der Waals surface area contributed by atoms with Crippen molar-refractivity contribution in [3.05, 3.63) is 41.2 Å². The Bertz CT molecular complexity index is 898. The number of amides is 1. The number of likely N-dealkylation sites (tertiary alicyclic amines) is 1. The Labute approximate surface area is 163 Å². The highest BCUT2D eigenvalue weighted by atomic mass is 16.5. The zero-order valence-corrected chi connectivity index (χ0v) is 16.0. The van der Waals surface area contributed by atoms with Crippen LogP contribution >= 0.6 is 0 Å². The minimum atomic E-state index is -0.277. The summed E-state index contributed by atoms with van der Waals surface area (Å²) in [5, 5.41) is 3.37. The summed E-state index contributed by atoms with van der Waals surface area (Å²) in [5.74, 6) is 1.35. The number of aromatic nitrogens is 4. The van der Waals surface area contributed by atoms with Crippen molar-refractivity contribution in [1.29, 1.82) is 0 Å². The molecule has 1 unspecified atom stereocenters. The predicted molar refractivity (Wildman–Crippen MR) is 102 cm³/mol. The van der Waals surface area contributed by atoms with Crippen LogP contribution in [0.1, 0.15) is 46.7 Å². The van der Waals surface area contributed by atoms with Crippen LogP contribution in [-0.2, 0) is 16.8 Å². The van der Waals surface area contributed by atoms with Crippen LogP contribution in [-0.4, -0.2) is 57.0 Å². The highest BCUT2D eigenvalue weighted by Crippen LogP contribution is 2.39. The fraction of sp³-hybridized carbons (Fsp3) is 0.550. The average Bonchev–Trinajstić information content (AvgIpc) is 3.46. The maximum Gasteiger partial charge on any atom is 0.274 e. The lowest BCUT2D eigenvalue weighted by Gasteiger charge is -2.34. The molecule has 2 aliphatic heterocycles. The number of anilines is 1. The highest BCUT2D eigenvalue weighted by molar-refractivity contribution is 5.92. The zero-order valence-electron chi connectivity index (χ0n) is 16.0. The number of carbonyl (C=O) groups is 1. The molecule has 2 fully saturated rings. The fourth-order valence-electron chi connectivity index (χ4n) is 4.06. The summed E-state index contributed by atoms with van der Waals surface area (Å²) >= 11 is 0. The van der Waals surface area contributed by atoms with Gasteiger partial charge >= 0.3 is 0 Å². The molecule has 1 saturated heterocycles. The van der Waals surface area contributed by atoms with E-state index in [1.54, 1.807) is 12.4 Å². The van der Waals surface area contributed by atoms with Gasteiger partial charge in [-0.3, -0.25) is 9.78 Å². The summed E-state index contributed by atoms with van der Waals surface area (Å²) < 4.78 is 5.86. The maximum atomic E-state index is 12.9. The molecule has 3 aliphatic rings. The summed E-state index contributed by atoms with van der Waals surface area (Å²) in [7, 11) is 0. The van der Waals surface area contributed by atoms with E-state index in [4.69, 9.17) is 9.72 Å². The fourth-order valence-corrected chi connectivity index (χ4v) is 4.06. The van der Waals surface area contributed by atoms with Gasteiger partial charge in [-0.15, -0.1) is 0 Å². The van der Waals surface area contributed by atoms with Crippen LogP contribution in [0.5, 0.6) is 0 Å². The van der Waals surface area contributed by atoms with E-state index in [2.05, 4.69) is 20.3 Å². The zero-order chi connectivity index (χ0) is 19.1. The Morgan fingerprint density at radius 3 is 2.96 bits per heavy atom. The number of nitrogens with zero attached hydrogens (tertiary/aromatic N) is 5. The van der Waals surface area contributed by atoms with Crippen molar-refractivity contribution in [3.8, 4) is 0 Å². The monoisotopic (exact) mass is 380 g/mol. The molecule has 4 heterocycles. The van der Waals surface area contributed by atoms with Gasteiger partial charge in [0.1, 0.15) is 5.69 Å². The first-order valence-corrected chi connectivity index (χ1v) is 9.89. The highest BCUT2D eigenvalue weighted by Gasteiger charge is 2.46. The Morgan fingerprint density at radius 1 is 1.29 bits per heavy atom. The largest absolute Gasteiger partial charge is 0.376 e. The minimum absolute atomic E-state index is 0.0855. The van der Waals surface area contributed by atoms with E-state index >= 15 is 0 Å². The molecule has 1 aliphatic carbocycles. The lowest BCUT2D eigenvalue weighted by molar-refractivity contribution is 0.0484. The smallest absolute Gasteiger partial charge is 0.274 e. The van der Waals surface area contributed by atoms with Crippen LogP contribution in [0.4, 0.5) is 5.95 Å². The number of aryl methyl sites for hydroxylation is 1. The molecule has 8 nitrogen and oxygen atoms in total. The number of rotatable bonds is 4. The summed E-state index contributed by atoms with van der Waals surface area (Å²) in [6.07, 6.45) is 8.45. The molecule has 1 spiro atoms. The second-order valence-corrected chi connectivity index (χ2v) is 8.18. The number of carbonyl (C=O) groups excluding carboxylic acids is 1. The number of ether oxygens (including phenoxy) is 1. The van der Waals surface area contributed by atoms with Gasteiger partial charge in [0.2, 0.25) is 5.95 Å². The molecule has 146 valence electrons. The van der Waals surface area contributed by atoms with E-state index in [0.29, 0.717) is 37.9 Å². The molecule has 0 aromatic carbocycles. The van der Waals surface area contributed by atoms with Crippen molar-refractivity contribution in [2.75, 3.05) is 31.6 Å². The molecule has 5 rings (SSSR count). The van der Waals surface area contributed by atoms with Crippen LogP contribution in [0.2, 0.25) is 0 Å². The molecule has 1 atom stereocenters. The SMILES string of the molecule is Cc1cnc(C(=O)N2CCC3(COCc4cnc(NCC5CC5)nc43)C2)cn1. The second kappa shape index (κ2) is 6.77. The van der Waals surface area contributed by atoms with Crippen LogP contribution in [0.3, 0.4) is 0 Å². The molecular weight excluding hydrogens is 356 g/mol. The lowest BCUT2D eigenvalue weighted by Crippen LogP contribution is -2.42. The van der Waals surface area contributed by atoms with Crippen LogP contribution in [0, 0.1) is 12.8 Å². The van der Waals surface area contributed by atoms with Gasteiger partial charge in [0.05, 0.1) is 36.2 Å². The van der Waals surface area contributed by atoms with Crippen molar-refractivity contribution in [1.82, 2.24) is 24.8 Å². The molecule has 0 bridgehead atoms. The van der Waals surface area contributed by atoms with Crippen molar-refractivity contribution < 1.29 is 9.53 Å².